The molecule has 2 heterocycles. The number of anilines is 2. The lowest BCUT2D eigenvalue weighted by molar-refractivity contribution is 0.158. The van der Waals surface area contributed by atoms with E-state index in [9.17, 15) is 0 Å². The van der Waals surface area contributed by atoms with Crippen molar-refractivity contribution in [3.8, 4) is 0 Å². The highest BCUT2D eigenvalue weighted by molar-refractivity contribution is 5.60. The third-order valence-corrected chi connectivity index (χ3v) is 3.16. The van der Waals surface area contributed by atoms with Crippen molar-refractivity contribution in [1.82, 2.24) is 14.8 Å². The molecule has 0 spiro atoms. The monoisotopic (exact) mass is 235 g/mol. The fourth-order valence-corrected chi connectivity index (χ4v) is 1.97. The van der Waals surface area contributed by atoms with Crippen molar-refractivity contribution >= 4 is 11.5 Å². The number of hydrogen-bond acceptors (Lipinski definition) is 5. The minimum atomic E-state index is 0.714. The number of rotatable bonds is 4. The summed E-state index contributed by atoms with van der Waals surface area (Å²) in [6.07, 6.45) is 1.76. The molecule has 0 amide bonds. The summed E-state index contributed by atoms with van der Waals surface area (Å²) in [5.74, 6) is 0.793. The highest BCUT2D eigenvalue weighted by Gasteiger charge is 2.12. The van der Waals surface area contributed by atoms with E-state index in [1.54, 1.807) is 6.20 Å². The molecule has 5 nitrogen and oxygen atoms in total. The molecule has 1 saturated heterocycles. The van der Waals surface area contributed by atoms with E-state index in [0.29, 0.717) is 5.69 Å². The Labute approximate surface area is 103 Å². The summed E-state index contributed by atoms with van der Waals surface area (Å²) >= 11 is 0. The molecule has 5 heteroatoms. The maximum Gasteiger partial charge on any atom is 0.149 e. The fourth-order valence-electron chi connectivity index (χ4n) is 1.97. The Bertz CT molecular complexity index is 347. The van der Waals surface area contributed by atoms with Gasteiger partial charge in [-0.2, -0.15) is 0 Å². The van der Waals surface area contributed by atoms with Gasteiger partial charge in [0.25, 0.3) is 0 Å². The van der Waals surface area contributed by atoms with E-state index in [4.69, 9.17) is 5.73 Å². The van der Waals surface area contributed by atoms with Gasteiger partial charge in [-0.15, -0.1) is 0 Å². The zero-order valence-electron chi connectivity index (χ0n) is 10.4. The maximum absolute atomic E-state index is 5.81. The zero-order valence-corrected chi connectivity index (χ0v) is 10.4. The predicted molar refractivity (Wildman–Crippen MR) is 71.1 cm³/mol. The van der Waals surface area contributed by atoms with Crippen LogP contribution in [0.2, 0.25) is 0 Å². The number of pyridine rings is 1. The van der Waals surface area contributed by atoms with E-state index < -0.39 is 0 Å². The van der Waals surface area contributed by atoms with Gasteiger partial charge >= 0.3 is 0 Å². The van der Waals surface area contributed by atoms with Crippen LogP contribution in [-0.2, 0) is 0 Å². The van der Waals surface area contributed by atoms with Crippen LogP contribution in [0.1, 0.15) is 0 Å². The van der Waals surface area contributed by atoms with E-state index in [1.807, 2.05) is 12.1 Å². The van der Waals surface area contributed by atoms with E-state index in [2.05, 4.69) is 27.1 Å². The second kappa shape index (κ2) is 5.84. The molecule has 0 unspecified atom stereocenters. The minimum absolute atomic E-state index is 0.714. The molecule has 94 valence electrons. The van der Waals surface area contributed by atoms with Crippen molar-refractivity contribution in [2.75, 3.05) is 57.4 Å². The van der Waals surface area contributed by atoms with Crippen molar-refractivity contribution in [3.63, 3.8) is 0 Å². The Morgan fingerprint density at radius 3 is 2.82 bits per heavy atom. The van der Waals surface area contributed by atoms with Crippen molar-refractivity contribution in [2.45, 2.75) is 0 Å². The number of likely N-dealkylation sites (N-methyl/N-ethyl adjacent to an activating group) is 1. The highest BCUT2D eigenvalue weighted by atomic mass is 15.2. The SMILES string of the molecule is CN1CCN(CCNc2ncccc2N)CC1. The molecule has 1 fully saturated rings. The molecular formula is C12H21N5. The van der Waals surface area contributed by atoms with Crippen LogP contribution in [0, 0.1) is 0 Å². The van der Waals surface area contributed by atoms with Crippen LogP contribution in [0.25, 0.3) is 0 Å². The number of piperazine rings is 1. The minimum Gasteiger partial charge on any atom is -0.396 e. The van der Waals surface area contributed by atoms with Gasteiger partial charge in [-0.05, 0) is 19.2 Å². The lowest BCUT2D eigenvalue weighted by Crippen LogP contribution is -2.45. The lowest BCUT2D eigenvalue weighted by Gasteiger charge is -2.32. The molecule has 1 aliphatic rings. The molecule has 3 N–H and O–H groups in total. The van der Waals surface area contributed by atoms with Gasteiger partial charge in [-0.25, -0.2) is 4.98 Å². The van der Waals surface area contributed by atoms with Crippen LogP contribution in [-0.4, -0.2) is 61.1 Å². The van der Waals surface area contributed by atoms with Crippen molar-refractivity contribution in [3.05, 3.63) is 18.3 Å². The van der Waals surface area contributed by atoms with Gasteiger partial charge in [-0.3, -0.25) is 4.90 Å². The summed E-state index contributed by atoms with van der Waals surface area (Å²) in [5, 5.41) is 3.28. The molecule has 0 bridgehead atoms. The summed E-state index contributed by atoms with van der Waals surface area (Å²) in [6, 6.07) is 3.71. The van der Waals surface area contributed by atoms with Crippen LogP contribution in [0.5, 0.6) is 0 Å². The molecule has 1 aromatic rings. The van der Waals surface area contributed by atoms with Crippen LogP contribution < -0.4 is 11.1 Å². The summed E-state index contributed by atoms with van der Waals surface area (Å²) in [5.41, 5.74) is 6.53. The third-order valence-electron chi connectivity index (χ3n) is 3.16. The van der Waals surface area contributed by atoms with Gasteiger partial charge in [0.05, 0.1) is 5.69 Å². The summed E-state index contributed by atoms with van der Waals surface area (Å²) < 4.78 is 0. The van der Waals surface area contributed by atoms with E-state index in [1.165, 1.54) is 0 Å². The smallest absolute Gasteiger partial charge is 0.149 e. The Morgan fingerprint density at radius 1 is 1.35 bits per heavy atom. The molecule has 0 saturated carbocycles. The van der Waals surface area contributed by atoms with Crippen molar-refractivity contribution in [2.24, 2.45) is 0 Å². The normalized spacial score (nSPS) is 18.2. The first-order chi connectivity index (χ1) is 8.25. The fraction of sp³-hybridized carbons (Fsp3) is 0.583. The Morgan fingerprint density at radius 2 is 2.12 bits per heavy atom. The predicted octanol–water partition coefficient (Wildman–Crippen LogP) is 0.323. The van der Waals surface area contributed by atoms with Crippen molar-refractivity contribution in [1.29, 1.82) is 0 Å². The Balaban J connectivity index is 1.71. The Hall–Kier alpha value is -1.33. The molecule has 0 aromatic carbocycles. The van der Waals surface area contributed by atoms with Crippen LogP contribution in [0.3, 0.4) is 0 Å². The molecule has 2 rings (SSSR count). The quantitative estimate of drug-likeness (QED) is 0.787. The first-order valence-electron chi connectivity index (χ1n) is 6.11. The van der Waals surface area contributed by atoms with Gasteiger partial charge in [-0.1, -0.05) is 0 Å². The molecule has 0 aliphatic carbocycles. The van der Waals surface area contributed by atoms with Gasteiger partial charge in [0.2, 0.25) is 0 Å². The largest absolute Gasteiger partial charge is 0.396 e. The molecule has 0 atom stereocenters. The van der Waals surface area contributed by atoms with Gasteiger partial charge in [0, 0.05) is 45.5 Å². The average Bonchev–Trinajstić information content (AvgIpc) is 2.34. The van der Waals surface area contributed by atoms with Gasteiger partial charge in [0.1, 0.15) is 5.82 Å². The van der Waals surface area contributed by atoms with Crippen LogP contribution in [0.15, 0.2) is 18.3 Å². The average molecular weight is 235 g/mol. The molecular weight excluding hydrogens is 214 g/mol. The lowest BCUT2D eigenvalue weighted by atomic mass is 10.3. The van der Waals surface area contributed by atoms with E-state index in [0.717, 1.165) is 45.1 Å². The molecule has 0 radical (unpaired) electrons. The van der Waals surface area contributed by atoms with E-state index in [-0.39, 0.29) is 0 Å². The third kappa shape index (κ3) is 3.57. The van der Waals surface area contributed by atoms with Crippen LogP contribution >= 0.6 is 0 Å². The molecule has 1 aliphatic heterocycles. The topological polar surface area (TPSA) is 57.4 Å². The van der Waals surface area contributed by atoms with Gasteiger partial charge in [0.15, 0.2) is 0 Å². The number of nitrogens with zero attached hydrogens (tertiary/aromatic N) is 3. The molecule has 1 aromatic heterocycles. The Kier molecular flexibility index (Phi) is 4.17. The summed E-state index contributed by atoms with van der Waals surface area (Å²) in [6.45, 7) is 6.55. The number of hydrogen-bond donors (Lipinski definition) is 2. The van der Waals surface area contributed by atoms with E-state index >= 15 is 0 Å². The summed E-state index contributed by atoms with van der Waals surface area (Å²) in [4.78, 5) is 9.04. The number of nitrogens with one attached hydrogen (secondary N) is 1. The van der Waals surface area contributed by atoms with Crippen molar-refractivity contribution < 1.29 is 0 Å². The highest BCUT2D eigenvalue weighted by Crippen LogP contribution is 2.12. The zero-order chi connectivity index (χ0) is 12.1. The standard InChI is InChI=1S/C12H21N5/c1-16-7-9-17(10-8-16)6-5-15-12-11(13)3-2-4-14-12/h2-4H,5-10,13H2,1H3,(H,14,15). The number of nitrogens with two attached hydrogens (primary N) is 1. The van der Waals surface area contributed by atoms with Crippen LogP contribution in [0.4, 0.5) is 11.5 Å². The number of aromatic nitrogens is 1. The first-order valence-corrected chi connectivity index (χ1v) is 6.11. The molecule has 17 heavy (non-hydrogen) atoms. The maximum atomic E-state index is 5.81. The summed E-state index contributed by atoms with van der Waals surface area (Å²) in [7, 11) is 2.17. The second-order valence-electron chi connectivity index (χ2n) is 4.51. The first kappa shape index (κ1) is 12.1. The second-order valence-corrected chi connectivity index (χ2v) is 4.51. The van der Waals surface area contributed by atoms with Gasteiger partial charge < -0.3 is 16.0 Å². The number of nitrogen functional groups attached to an aromatic ring is 1.